The van der Waals surface area contributed by atoms with E-state index in [0.717, 1.165) is 35.1 Å². The van der Waals surface area contributed by atoms with Gasteiger partial charge in [-0.05, 0) is 65.1 Å². The van der Waals surface area contributed by atoms with Gasteiger partial charge < -0.3 is 0 Å². The van der Waals surface area contributed by atoms with E-state index in [4.69, 9.17) is 0 Å². The molecule has 0 N–H and O–H groups in total. The maximum absolute atomic E-state index is 14.2. The molecule has 28 heavy (non-hydrogen) atoms. The van der Waals surface area contributed by atoms with Crippen molar-refractivity contribution in [2.75, 3.05) is 0 Å². The lowest BCUT2D eigenvalue weighted by molar-refractivity contribution is 0.490. The second-order valence-corrected chi connectivity index (χ2v) is 7.12. The molecule has 0 aliphatic heterocycles. The molecule has 146 valence electrons. The number of hydrogen-bond acceptors (Lipinski definition) is 0. The van der Waals surface area contributed by atoms with Crippen LogP contribution in [0.5, 0.6) is 0 Å². The zero-order valence-corrected chi connectivity index (χ0v) is 16.4. The summed E-state index contributed by atoms with van der Waals surface area (Å²) in [5.41, 5.74) is 4.36. The molecular weight excluding hydrogens is 357 g/mol. The topological polar surface area (TPSA) is 0 Å². The summed E-state index contributed by atoms with van der Waals surface area (Å²) in [5, 5.41) is 0. The smallest absolute Gasteiger partial charge is 0.162 e. The highest BCUT2D eigenvalue weighted by atomic mass is 19.2. The van der Waals surface area contributed by atoms with Gasteiger partial charge in [0.1, 0.15) is 5.82 Å². The third-order valence-electron chi connectivity index (χ3n) is 5.17. The van der Waals surface area contributed by atoms with Crippen molar-refractivity contribution in [1.29, 1.82) is 0 Å². The highest BCUT2D eigenvalue weighted by Gasteiger charge is 2.12. The predicted molar refractivity (Wildman–Crippen MR) is 109 cm³/mol. The standard InChI is InChI=1S/C25H25F3/c1-3-5-20-13-15-22(16-23(20)26)19-9-6-17(7-10-19)8-11-21-14-12-18(4-2)24(27)25(21)28/h6-7,9-10,12-16H,3-5,8,11H2,1-2H3. The highest BCUT2D eigenvalue weighted by molar-refractivity contribution is 5.64. The van der Waals surface area contributed by atoms with Crippen LogP contribution in [0.4, 0.5) is 13.2 Å². The lowest BCUT2D eigenvalue weighted by Crippen LogP contribution is -2.01. The number of aryl methyl sites for hydroxylation is 4. The van der Waals surface area contributed by atoms with Crippen LogP contribution in [0, 0.1) is 17.5 Å². The van der Waals surface area contributed by atoms with E-state index in [9.17, 15) is 13.2 Å². The molecule has 0 radical (unpaired) electrons. The van der Waals surface area contributed by atoms with E-state index in [1.54, 1.807) is 18.2 Å². The number of hydrogen-bond donors (Lipinski definition) is 0. The summed E-state index contributed by atoms with van der Waals surface area (Å²) < 4.78 is 42.3. The van der Waals surface area contributed by atoms with Gasteiger partial charge in [0.25, 0.3) is 0 Å². The molecule has 0 aliphatic rings. The number of benzene rings is 3. The van der Waals surface area contributed by atoms with E-state index >= 15 is 0 Å². The van der Waals surface area contributed by atoms with Gasteiger partial charge in [-0.2, -0.15) is 0 Å². The van der Waals surface area contributed by atoms with Crippen LogP contribution in [0.2, 0.25) is 0 Å². The van der Waals surface area contributed by atoms with Crippen LogP contribution in [0.25, 0.3) is 11.1 Å². The summed E-state index contributed by atoms with van der Waals surface area (Å²) in [6.07, 6.45) is 3.18. The van der Waals surface area contributed by atoms with Crippen molar-refractivity contribution in [3.8, 4) is 11.1 Å². The number of halogens is 3. The van der Waals surface area contributed by atoms with Crippen molar-refractivity contribution in [2.24, 2.45) is 0 Å². The first-order valence-electron chi connectivity index (χ1n) is 9.87. The van der Waals surface area contributed by atoms with Crippen LogP contribution in [-0.2, 0) is 25.7 Å². The molecule has 0 fully saturated rings. The Hall–Kier alpha value is -2.55. The molecule has 3 heteroatoms. The highest BCUT2D eigenvalue weighted by Crippen LogP contribution is 2.24. The van der Waals surface area contributed by atoms with Gasteiger partial charge in [0.05, 0.1) is 0 Å². The Morgan fingerprint density at radius 1 is 0.607 bits per heavy atom. The monoisotopic (exact) mass is 382 g/mol. The molecule has 0 atom stereocenters. The molecule has 0 heterocycles. The van der Waals surface area contributed by atoms with Gasteiger partial charge in [0.2, 0.25) is 0 Å². The zero-order chi connectivity index (χ0) is 20.1. The SMILES string of the molecule is CCCc1ccc(-c2ccc(CCc3ccc(CC)c(F)c3F)cc2)cc1F. The normalized spacial score (nSPS) is 11.0. The van der Waals surface area contributed by atoms with Crippen molar-refractivity contribution in [2.45, 2.75) is 46.0 Å². The van der Waals surface area contributed by atoms with Crippen LogP contribution in [0.1, 0.15) is 42.5 Å². The van der Waals surface area contributed by atoms with Crippen LogP contribution in [-0.4, -0.2) is 0 Å². The van der Waals surface area contributed by atoms with Crippen molar-refractivity contribution in [3.63, 3.8) is 0 Å². The first-order valence-corrected chi connectivity index (χ1v) is 9.87. The Bertz CT molecular complexity index is 943. The van der Waals surface area contributed by atoms with Gasteiger partial charge >= 0.3 is 0 Å². The van der Waals surface area contributed by atoms with E-state index in [1.165, 1.54) is 0 Å². The van der Waals surface area contributed by atoms with Crippen molar-refractivity contribution < 1.29 is 13.2 Å². The Labute approximate surface area is 165 Å². The van der Waals surface area contributed by atoms with E-state index in [0.29, 0.717) is 30.4 Å². The van der Waals surface area contributed by atoms with Crippen molar-refractivity contribution in [3.05, 3.63) is 94.3 Å². The van der Waals surface area contributed by atoms with Crippen LogP contribution in [0.3, 0.4) is 0 Å². The predicted octanol–water partition coefficient (Wildman–Crippen LogP) is 7.07. The fourth-order valence-corrected chi connectivity index (χ4v) is 3.44. The molecule has 0 amide bonds. The van der Waals surface area contributed by atoms with Crippen LogP contribution < -0.4 is 0 Å². The first-order chi connectivity index (χ1) is 13.5. The maximum Gasteiger partial charge on any atom is 0.162 e. The van der Waals surface area contributed by atoms with Gasteiger partial charge in [0, 0.05) is 0 Å². The molecule has 0 nitrogen and oxygen atoms in total. The van der Waals surface area contributed by atoms with Crippen molar-refractivity contribution >= 4 is 0 Å². The van der Waals surface area contributed by atoms with Crippen molar-refractivity contribution in [1.82, 2.24) is 0 Å². The molecule has 0 aliphatic carbocycles. The van der Waals surface area contributed by atoms with Gasteiger partial charge in [-0.15, -0.1) is 0 Å². The summed E-state index contributed by atoms with van der Waals surface area (Å²) >= 11 is 0. The molecule has 3 aromatic rings. The zero-order valence-electron chi connectivity index (χ0n) is 16.4. The van der Waals surface area contributed by atoms with Gasteiger partial charge in [0.15, 0.2) is 11.6 Å². The summed E-state index contributed by atoms with van der Waals surface area (Å²) in [5.74, 6) is -1.64. The lowest BCUT2D eigenvalue weighted by atomic mass is 9.98. The Kier molecular flexibility index (Phi) is 6.56. The Morgan fingerprint density at radius 2 is 1.21 bits per heavy atom. The van der Waals surface area contributed by atoms with Gasteiger partial charge in [-0.3, -0.25) is 0 Å². The van der Waals surface area contributed by atoms with Gasteiger partial charge in [-0.25, -0.2) is 13.2 Å². The minimum Gasteiger partial charge on any atom is -0.207 e. The summed E-state index contributed by atoms with van der Waals surface area (Å²) in [6.45, 7) is 3.84. The van der Waals surface area contributed by atoms with Gasteiger partial charge in [-0.1, -0.05) is 68.8 Å². The fourth-order valence-electron chi connectivity index (χ4n) is 3.44. The second-order valence-electron chi connectivity index (χ2n) is 7.12. The third kappa shape index (κ3) is 4.46. The quantitative estimate of drug-likeness (QED) is 0.410. The Morgan fingerprint density at radius 3 is 1.86 bits per heavy atom. The van der Waals surface area contributed by atoms with E-state index in [2.05, 4.69) is 0 Å². The molecule has 0 aromatic heterocycles. The van der Waals surface area contributed by atoms with E-state index in [1.807, 2.05) is 50.2 Å². The molecule has 0 unspecified atom stereocenters. The molecule has 0 saturated heterocycles. The molecule has 3 rings (SSSR count). The minimum absolute atomic E-state index is 0.170. The number of rotatable bonds is 7. The Balaban J connectivity index is 1.70. The second kappa shape index (κ2) is 9.09. The lowest BCUT2D eigenvalue weighted by Gasteiger charge is -2.09. The summed E-state index contributed by atoms with van der Waals surface area (Å²) in [4.78, 5) is 0. The first kappa shape index (κ1) is 20.2. The molecule has 0 spiro atoms. The summed E-state index contributed by atoms with van der Waals surface area (Å²) in [6, 6.07) is 16.5. The molecule has 3 aromatic carbocycles. The van der Waals surface area contributed by atoms with Crippen LogP contribution >= 0.6 is 0 Å². The largest absolute Gasteiger partial charge is 0.207 e. The molecular formula is C25H25F3. The summed E-state index contributed by atoms with van der Waals surface area (Å²) in [7, 11) is 0. The van der Waals surface area contributed by atoms with Crippen LogP contribution in [0.15, 0.2) is 54.6 Å². The van der Waals surface area contributed by atoms with E-state index in [-0.39, 0.29) is 5.82 Å². The molecule has 0 bridgehead atoms. The average Bonchev–Trinajstić information content (AvgIpc) is 2.71. The maximum atomic E-state index is 14.2. The third-order valence-corrected chi connectivity index (χ3v) is 5.17. The molecule has 0 saturated carbocycles. The minimum atomic E-state index is -0.737. The van der Waals surface area contributed by atoms with E-state index < -0.39 is 11.6 Å². The fraction of sp³-hybridized carbons (Fsp3) is 0.280. The average molecular weight is 382 g/mol.